The normalized spacial score (nSPS) is 21.6. The number of allylic oxidation sites excluding steroid dienone is 1. The van der Waals surface area contributed by atoms with Gasteiger partial charge in [-0.1, -0.05) is 18.6 Å². The van der Waals surface area contributed by atoms with Crippen molar-refractivity contribution in [2.75, 3.05) is 6.54 Å². The molecule has 0 aromatic carbocycles. The fourth-order valence-electron chi connectivity index (χ4n) is 0.903. The molecule has 0 atom stereocenters. The second-order valence-corrected chi connectivity index (χ2v) is 2.35. The molecule has 0 aromatic rings. The zero-order chi connectivity index (χ0) is 5.82. The van der Waals surface area contributed by atoms with Crippen LogP contribution in [0.25, 0.3) is 0 Å². The quantitative estimate of drug-likeness (QED) is 0.534. The summed E-state index contributed by atoms with van der Waals surface area (Å²) < 4.78 is 0. The third-order valence-corrected chi connectivity index (χ3v) is 1.69. The molecule has 0 amide bonds. The van der Waals surface area contributed by atoms with Crippen LogP contribution in [0.2, 0.25) is 0 Å². The van der Waals surface area contributed by atoms with E-state index in [-0.39, 0.29) is 0 Å². The molecule has 0 spiro atoms. The summed E-state index contributed by atoms with van der Waals surface area (Å²) in [5.74, 6) is 0.874. The number of hydrogen-bond donors (Lipinski definition) is 1. The molecule has 1 aliphatic carbocycles. The van der Waals surface area contributed by atoms with Crippen molar-refractivity contribution < 1.29 is 0 Å². The summed E-state index contributed by atoms with van der Waals surface area (Å²) >= 11 is 0. The van der Waals surface area contributed by atoms with E-state index < -0.39 is 0 Å². The van der Waals surface area contributed by atoms with Crippen molar-refractivity contribution in [3.8, 4) is 0 Å². The van der Waals surface area contributed by atoms with Crippen molar-refractivity contribution in [1.29, 1.82) is 0 Å². The topological polar surface area (TPSA) is 26.0 Å². The third-order valence-electron chi connectivity index (χ3n) is 1.69. The van der Waals surface area contributed by atoms with Crippen molar-refractivity contribution in [3.63, 3.8) is 0 Å². The van der Waals surface area contributed by atoms with Crippen molar-refractivity contribution in [1.82, 2.24) is 0 Å². The van der Waals surface area contributed by atoms with Gasteiger partial charge in [-0.3, -0.25) is 0 Å². The number of rotatable bonds is 2. The summed E-state index contributed by atoms with van der Waals surface area (Å²) in [6.07, 6.45) is 8.49. The molecule has 0 unspecified atom stereocenters. The van der Waals surface area contributed by atoms with Crippen LogP contribution in [-0.2, 0) is 0 Å². The Bertz CT molecular complexity index is 82.4. The van der Waals surface area contributed by atoms with E-state index in [1.54, 1.807) is 0 Å². The van der Waals surface area contributed by atoms with Crippen LogP contribution in [0, 0.1) is 5.92 Å². The molecular formula is C7H13N. The van der Waals surface area contributed by atoms with E-state index in [1.165, 1.54) is 19.3 Å². The molecule has 0 radical (unpaired) electrons. The van der Waals surface area contributed by atoms with Crippen LogP contribution in [0.1, 0.15) is 19.3 Å². The van der Waals surface area contributed by atoms with Crippen molar-refractivity contribution >= 4 is 0 Å². The van der Waals surface area contributed by atoms with Crippen LogP contribution in [0.15, 0.2) is 12.2 Å². The molecule has 1 nitrogen and oxygen atoms in total. The van der Waals surface area contributed by atoms with E-state index in [4.69, 9.17) is 5.73 Å². The van der Waals surface area contributed by atoms with Crippen LogP contribution in [-0.4, -0.2) is 6.54 Å². The molecule has 1 fully saturated rings. The minimum Gasteiger partial charge on any atom is -0.327 e. The van der Waals surface area contributed by atoms with Gasteiger partial charge in [0.15, 0.2) is 0 Å². The Morgan fingerprint density at radius 1 is 1.50 bits per heavy atom. The van der Waals surface area contributed by atoms with E-state index in [0.717, 1.165) is 5.92 Å². The molecule has 1 heteroatoms. The SMILES string of the molecule is NCC=CC1CCC1. The molecule has 1 aliphatic rings. The summed E-state index contributed by atoms with van der Waals surface area (Å²) in [7, 11) is 0. The van der Waals surface area contributed by atoms with Crippen LogP contribution in [0.3, 0.4) is 0 Å². The summed E-state index contributed by atoms with van der Waals surface area (Å²) in [4.78, 5) is 0. The molecule has 1 saturated carbocycles. The van der Waals surface area contributed by atoms with Gasteiger partial charge in [-0.25, -0.2) is 0 Å². The highest BCUT2D eigenvalue weighted by atomic mass is 14.5. The first-order valence-corrected chi connectivity index (χ1v) is 3.30. The maximum atomic E-state index is 5.27. The lowest BCUT2D eigenvalue weighted by Gasteiger charge is -2.20. The summed E-state index contributed by atoms with van der Waals surface area (Å²) in [6, 6.07) is 0. The molecule has 0 bridgehead atoms. The highest BCUT2D eigenvalue weighted by Crippen LogP contribution is 2.26. The van der Waals surface area contributed by atoms with Crippen molar-refractivity contribution in [2.45, 2.75) is 19.3 Å². The average molecular weight is 111 g/mol. The molecule has 2 N–H and O–H groups in total. The van der Waals surface area contributed by atoms with E-state index in [9.17, 15) is 0 Å². The highest BCUT2D eigenvalue weighted by Gasteiger charge is 2.12. The lowest BCUT2D eigenvalue weighted by Crippen LogP contribution is -2.07. The fraction of sp³-hybridized carbons (Fsp3) is 0.714. The predicted molar refractivity (Wildman–Crippen MR) is 35.5 cm³/mol. The first kappa shape index (κ1) is 5.83. The summed E-state index contributed by atoms with van der Waals surface area (Å²) in [6.45, 7) is 0.705. The lowest BCUT2D eigenvalue weighted by atomic mass is 9.85. The van der Waals surface area contributed by atoms with E-state index in [2.05, 4.69) is 12.2 Å². The van der Waals surface area contributed by atoms with Gasteiger partial charge in [-0.15, -0.1) is 0 Å². The predicted octanol–water partition coefficient (Wildman–Crippen LogP) is 1.30. The van der Waals surface area contributed by atoms with Gasteiger partial charge in [0.25, 0.3) is 0 Å². The highest BCUT2D eigenvalue weighted by molar-refractivity contribution is 4.92. The Kier molecular flexibility index (Phi) is 2.10. The van der Waals surface area contributed by atoms with Gasteiger partial charge in [0.2, 0.25) is 0 Å². The molecule has 8 heavy (non-hydrogen) atoms. The standard InChI is InChI=1S/C7H13N/c8-6-2-5-7-3-1-4-7/h2,5,7H,1,3-4,6,8H2. The van der Waals surface area contributed by atoms with E-state index in [1.807, 2.05) is 0 Å². The maximum Gasteiger partial charge on any atom is 0.0106 e. The maximum absolute atomic E-state index is 5.27. The molecular weight excluding hydrogens is 98.1 g/mol. The molecule has 0 aromatic heterocycles. The largest absolute Gasteiger partial charge is 0.327 e. The zero-order valence-electron chi connectivity index (χ0n) is 5.14. The van der Waals surface area contributed by atoms with Gasteiger partial charge < -0.3 is 5.73 Å². The molecule has 0 aliphatic heterocycles. The Labute approximate surface area is 50.6 Å². The summed E-state index contributed by atoms with van der Waals surface area (Å²) in [5, 5.41) is 0. The Morgan fingerprint density at radius 3 is 2.62 bits per heavy atom. The smallest absolute Gasteiger partial charge is 0.0106 e. The number of hydrogen-bond acceptors (Lipinski definition) is 1. The first-order valence-electron chi connectivity index (χ1n) is 3.30. The van der Waals surface area contributed by atoms with E-state index >= 15 is 0 Å². The van der Waals surface area contributed by atoms with Gasteiger partial charge >= 0.3 is 0 Å². The van der Waals surface area contributed by atoms with Gasteiger partial charge in [0, 0.05) is 6.54 Å². The van der Waals surface area contributed by atoms with Crippen LogP contribution >= 0.6 is 0 Å². The third kappa shape index (κ3) is 1.34. The van der Waals surface area contributed by atoms with Gasteiger partial charge in [0.05, 0.1) is 0 Å². The summed E-state index contributed by atoms with van der Waals surface area (Å²) in [5.41, 5.74) is 5.27. The minimum atomic E-state index is 0.705. The van der Waals surface area contributed by atoms with E-state index in [0.29, 0.717) is 6.54 Å². The van der Waals surface area contributed by atoms with Crippen LogP contribution in [0.4, 0.5) is 0 Å². The van der Waals surface area contributed by atoms with Crippen molar-refractivity contribution in [2.24, 2.45) is 11.7 Å². The van der Waals surface area contributed by atoms with Crippen LogP contribution < -0.4 is 5.73 Å². The lowest BCUT2D eigenvalue weighted by molar-refractivity contribution is 0.387. The molecule has 1 rings (SSSR count). The minimum absolute atomic E-state index is 0.705. The first-order chi connectivity index (χ1) is 3.93. The second kappa shape index (κ2) is 2.88. The Morgan fingerprint density at radius 2 is 2.25 bits per heavy atom. The monoisotopic (exact) mass is 111 g/mol. The molecule has 0 heterocycles. The Hall–Kier alpha value is -0.300. The van der Waals surface area contributed by atoms with Crippen LogP contribution in [0.5, 0.6) is 0 Å². The van der Waals surface area contributed by atoms with Gasteiger partial charge in [0.1, 0.15) is 0 Å². The molecule has 0 saturated heterocycles. The van der Waals surface area contributed by atoms with Gasteiger partial charge in [-0.2, -0.15) is 0 Å². The number of nitrogens with two attached hydrogens (primary N) is 1. The fourth-order valence-corrected chi connectivity index (χ4v) is 0.903. The van der Waals surface area contributed by atoms with Gasteiger partial charge in [-0.05, 0) is 18.8 Å². The average Bonchev–Trinajstić information content (AvgIpc) is 1.63. The molecule has 46 valence electrons. The second-order valence-electron chi connectivity index (χ2n) is 2.35. The Balaban J connectivity index is 2.08. The van der Waals surface area contributed by atoms with Crippen molar-refractivity contribution in [3.05, 3.63) is 12.2 Å². The zero-order valence-corrected chi connectivity index (χ0v) is 5.14.